The van der Waals surface area contributed by atoms with Crippen LogP contribution in [0.4, 0.5) is 0 Å². The van der Waals surface area contributed by atoms with Gasteiger partial charge in [0.1, 0.15) is 5.75 Å². The lowest BCUT2D eigenvalue weighted by atomic mass is 10.0. The predicted molar refractivity (Wildman–Crippen MR) is 112 cm³/mol. The Morgan fingerprint density at radius 2 is 1.28 bits per heavy atom. The Hall–Kier alpha value is -3.60. The van der Waals surface area contributed by atoms with Crippen molar-refractivity contribution in [3.63, 3.8) is 0 Å². The molecule has 0 saturated carbocycles. The van der Waals surface area contributed by atoms with Crippen LogP contribution in [0.5, 0.6) is 5.75 Å². The van der Waals surface area contributed by atoms with Gasteiger partial charge in [-0.25, -0.2) is 0 Å². The Kier molecular flexibility index (Phi) is 7.41. The van der Waals surface area contributed by atoms with Crippen LogP contribution < -0.4 is 15.6 Å². The molecule has 2 N–H and O–H groups in total. The molecule has 0 aromatic heterocycles. The predicted octanol–water partition coefficient (Wildman–Crippen LogP) is 3.44. The summed E-state index contributed by atoms with van der Waals surface area (Å²) in [5.74, 6) is 0.00108. The maximum Gasteiger partial charge on any atom is 0.276 e. The Morgan fingerprint density at radius 3 is 2.00 bits per heavy atom. The molecule has 0 aliphatic heterocycles. The van der Waals surface area contributed by atoms with E-state index in [1.807, 2.05) is 72.8 Å². The second kappa shape index (κ2) is 10.7. The van der Waals surface area contributed by atoms with Crippen molar-refractivity contribution in [3.8, 4) is 5.75 Å². The van der Waals surface area contributed by atoms with Crippen LogP contribution in [0.15, 0.2) is 84.9 Å². The van der Waals surface area contributed by atoms with Crippen LogP contribution in [0.25, 0.3) is 0 Å². The van der Waals surface area contributed by atoms with Gasteiger partial charge >= 0.3 is 0 Å². The van der Waals surface area contributed by atoms with Gasteiger partial charge in [0, 0.05) is 12.8 Å². The number of carbonyl (C=O) groups excluding carboxylic acids is 2. The lowest BCUT2D eigenvalue weighted by molar-refractivity contribution is -0.130. The van der Waals surface area contributed by atoms with Gasteiger partial charge < -0.3 is 4.74 Å². The highest BCUT2D eigenvalue weighted by Crippen LogP contribution is 2.21. The number of aryl methyl sites for hydroxylation is 1. The average Bonchev–Trinajstić information content (AvgIpc) is 2.77. The van der Waals surface area contributed by atoms with E-state index in [4.69, 9.17) is 4.74 Å². The number of benzene rings is 3. The van der Waals surface area contributed by atoms with Crippen LogP contribution in [-0.2, 0) is 22.4 Å². The molecule has 0 fully saturated rings. The minimum atomic E-state index is -0.410. The van der Waals surface area contributed by atoms with Crippen molar-refractivity contribution >= 4 is 11.8 Å². The molecule has 3 aromatic rings. The normalized spacial score (nSPS) is 10.2. The van der Waals surface area contributed by atoms with Gasteiger partial charge in [-0.2, -0.15) is 0 Å². The summed E-state index contributed by atoms with van der Waals surface area (Å²) in [5, 5.41) is 0. The molecular formula is C24H24N2O3. The molecule has 2 amide bonds. The highest BCUT2D eigenvalue weighted by molar-refractivity contribution is 5.82. The first-order valence-corrected chi connectivity index (χ1v) is 9.57. The first-order valence-electron chi connectivity index (χ1n) is 9.57. The summed E-state index contributed by atoms with van der Waals surface area (Å²) in [6, 6.07) is 27.4. The molecule has 29 heavy (non-hydrogen) atoms. The molecule has 0 saturated heterocycles. The van der Waals surface area contributed by atoms with E-state index in [2.05, 4.69) is 23.0 Å². The second-order valence-corrected chi connectivity index (χ2v) is 6.64. The molecule has 5 nitrogen and oxygen atoms in total. The van der Waals surface area contributed by atoms with Crippen molar-refractivity contribution in [1.82, 2.24) is 10.9 Å². The number of carbonyl (C=O) groups is 2. The number of nitrogens with one attached hydrogen (secondary N) is 2. The molecule has 0 atom stereocenters. The van der Waals surface area contributed by atoms with E-state index in [-0.39, 0.29) is 12.5 Å². The molecule has 0 bridgehead atoms. The van der Waals surface area contributed by atoms with Gasteiger partial charge in [0.05, 0.1) is 0 Å². The SMILES string of the molecule is O=C(CCc1ccccc1)NNC(=O)COc1ccccc1Cc1ccccc1. The van der Waals surface area contributed by atoms with Crippen molar-refractivity contribution in [2.45, 2.75) is 19.3 Å². The molecule has 0 unspecified atom stereocenters. The van der Waals surface area contributed by atoms with Gasteiger partial charge in [0.15, 0.2) is 6.61 Å². The lowest BCUT2D eigenvalue weighted by Crippen LogP contribution is -2.43. The first kappa shape index (κ1) is 20.1. The zero-order chi connectivity index (χ0) is 20.3. The van der Waals surface area contributed by atoms with Crippen LogP contribution in [-0.4, -0.2) is 18.4 Å². The van der Waals surface area contributed by atoms with Gasteiger partial charge in [-0.1, -0.05) is 78.9 Å². The van der Waals surface area contributed by atoms with E-state index in [9.17, 15) is 9.59 Å². The summed E-state index contributed by atoms with van der Waals surface area (Å²) < 4.78 is 5.67. The molecule has 0 radical (unpaired) electrons. The average molecular weight is 388 g/mol. The summed E-state index contributed by atoms with van der Waals surface area (Å²) >= 11 is 0. The number of hydrogen-bond acceptors (Lipinski definition) is 3. The summed E-state index contributed by atoms with van der Waals surface area (Å²) in [4.78, 5) is 23.9. The fourth-order valence-corrected chi connectivity index (χ4v) is 2.89. The Bertz CT molecular complexity index is 927. The molecule has 0 heterocycles. The first-order chi connectivity index (χ1) is 14.2. The summed E-state index contributed by atoms with van der Waals surface area (Å²) in [7, 11) is 0. The molecule has 0 spiro atoms. The summed E-state index contributed by atoms with van der Waals surface area (Å²) in [5.41, 5.74) is 8.06. The third kappa shape index (κ3) is 6.81. The van der Waals surface area contributed by atoms with Crippen LogP contribution in [0.2, 0.25) is 0 Å². The topological polar surface area (TPSA) is 67.4 Å². The number of para-hydroxylation sites is 1. The van der Waals surface area contributed by atoms with Gasteiger partial charge in [-0.3, -0.25) is 20.4 Å². The smallest absolute Gasteiger partial charge is 0.276 e. The minimum absolute atomic E-state index is 0.176. The molecular weight excluding hydrogens is 364 g/mol. The Balaban J connectivity index is 1.43. The lowest BCUT2D eigenvalue weighted by Gasteiger charge is -2.12. The zero-order valence-electron chi connectivity index (χ0n) is 16.1. The molecule has 148 valence electrons. The molecule has 0 aliphatic rings. The van der Waals surface area contributed by atoms with Gasteiger partial charge in [0.2, 0.25) is 5.91 Å². The Morgan fingerprint density at radius 1 is 0.690 bits per heavy atom. The standard InChI is InChI=1S/C24H24N2O3/c27-23(16-15-19-9-3-1-4-10-19)25-26-24(28)18-29-22-14-8-7-13-21(22)17-20-11-5-2-6-12-20/h1-14H,15-18H2,(H,25,27)(H,26,28). The van der Waals surface area contributed by atoms with Crippen LogP contribution in [0.1, 0.15) is 23.1 Å². The molecule has 3 aromatic carbocycles. The molecule has 5 heteroatoms. The maximum atomic E-state index is 12.0. The van der Waals surface area contributed by atoms with E-state index in [1.165, 1.54) is 5.56 Å². The quantitative estimate of drug-likeness (QED) is 0.581. The largest absolute Gasteiger partial charge is 0.483 e. The van der Waals surface area contributed by atoms with Crippen molar-refractivity contribution in [2.24, 2.45) is 0 Å². The van der Waals surface area contributed by atoms with Gasteiger partial charge in [-0.05, 0) is 29.2 Å². The fourth-order valence-electron chi connectivity index (χ4n) is 2.89. The minimum Gasteiger partial charge on any atom is -0.483 e. The van der Waals surface area contributed by atoms with E-state index < -0.39 is 5.91 Å². The summed E-state index contributed by atoms with van der Waals surface area (Å²) in [6.07, 6.45) is 1.63. The van der Waals surface area contributed by atoms with Crippen LogP contribution in [0, 0.1) is 0 Å². The number of hydrogen-bond donors (Lipinski definition) is 2. The monoisotopic (exact) mass is 388 g/mol. The van der Waals surface area contributed by atoms with Crippen molar-refractivity contribution in [3.05, 3.63) is 102 Å². The van der Waals surface area contributed by atoms with E-state index in [0.717, 1.165) is 17.5 Å². The zero-order valence-corrected chi connectivity index (χ0v) is 16.1. The number of hydrazine groups is 1. The maximum absolute atomic E-state index is 12.0. The number of amides is 2. The Labute approximate surface area is 170 Å². The van der Waals surface area contributed by atoms with E-state index in [1.54, 1.807) is 0 Å². The van der Waals surface area contributed by atoms with Crippen LogP contribution in [0.3, 0.4) is 0 Å². The second-order valence-electron chi connectivity index (χ2n) is 6.64. The van der Waals surface area contributed by atoms with Crippen LogP contribution >= 0.6 is 0 Å². The molecule has 0 aliphatic carbocycles. The third-order valence-corrected chi connectivity index (χ3v) is 4.39. The van der Waals surface area contributed by atoms with E-state index >= 15 is 0 Å². The van der Waals surface area contributed by atoms with Crippen molar-refractivity contribution in [2.75, 3.05) is 6.61 Å². The van der Waals surface area contributed by atoms with E-state index in [0.29, 0.717) is 18.6 Å². The third-order valence-electron chi connectivity index (χ3n) is 4.39. The van der Waals surface area contributed by atoms with Gasteiger partial charge in [0.25, 0.3) is 5.91 Å². The number of rotatable bonds is 8. The molecule has 3 rings (SSSR count). The number of ether oxygens (including phenoxy) is 1. The fraction of sp³-hybridized carbons (Fsp3) is 0.167. The van der Waals surface area contributed by atoms with Crippen molar-refractivity contribution < 1.29 is 14.3 Å². The summed E-state index contributed by atoms with van der Waals surface area (Å²) in [6.45, 7) is -0.176. The highest BCUT2D eigenvalue weighted by Gasteiger charge is 2.09. The highest BCUT2D eigenvalue weighted by atomic mass is 16.5. The van der Waals surface area contributed by atoms with Gasteiger partial charge in [-0.15, -0.1) is 0 Å². The van der Waals surface area contributed by atoms with Crippen molar-refractivity contribution in [1.29, 1.82) is 0 Å².